The first kappa shape index (κ1) is 14.3. The summed E-state index contributed by atoms with van der Waals surface area (Å²) >= 11 is 0. The van der Waals surface area contributed by atoms with Gasteiger partial charge in [0, 0.05) is 13.1 Å². The predicted octanol–water partition coefficient (Wildman–Crippen LogP) is 1.36. The first-order chi connectivity index (χ1) is 9.58. The van der Waals surface area contributed by atoms with Gasteiger partial charge in [0.15, 0.2) is 0 Å². The van der Waals surface area contributed by atoms with Crippen molar-refractivity contribution < 1.29 is 9.59 Å². The van der Waals surface area contributed by atoms with Gasteiger partial charge in [-0.25, -0.2) is 4.79 Å². The van der Waals surface area contributed by atoms with Gasteiger partial charge in [-0.3, -0.25) is 15.0 Å². The van der Waals surface area contributed by atoms with E-state index in [1.807, 2.05) is 23.1 Å². The Labute approximate surface area is 118 Å². The Morgan fingerprint density at radius 1 is 1.30 bits per heavy atom. The summed E-state index contributed by atoms with van der Waals surface area (Å²) < 4.78 is 0. The van der Waals surface area contributed by atoms with E-state index in [2.05, 4.69) is 23.5 Å². The smallest absolute Gasteiger partial charge is 0.318 e. The maximum absolute atomic E-state index is 11.7. The van der Waals surface area contributed by atoms with Crippen LogP contribution in [0.15, 0.2) is 36.4 Å². The van der Waals surface area contributed by atoms with Crippen LogP contribution in [0.4, 0.5) is 4.79 Å². The van der Waals surface area contributed by atoms with Crippen molar-refractivity contribution in [2.75, 3.05) is 13.1 Å². The summed E-state index contributed by atoms with van der Waals surface area (Å²) in [6.07, 6.45) is 3.02. The molecule has 106 valence electrons. The molecule has 0 unspecified atom stereocenters. The summed E-state index contributed by atoms with van der Waals surface area (Å²) in [5.74, 6) is -0.353. The molecule has 0 bridgehead atoms. The third-order valence-electron chi connectivity index (χ3n) is 3.56. The van der Waals surface area contributed by atoms with Gasteiger partial charge < -0.3 is 5.73 Å². The fourth-order valence-corrected chi connectivity index (χ4v) is 2.34. The summed E-state index contributed by atoms with van der Waals surface area (Å²) in [6.45, 7) is 3.26. The molecule has 0 aliphatic carbocycles. The van der Waals surface area contributed by atoms with Gasteiger partial charge in [-0.15, -0.1) is 0 Å². The average molecular weight is 273 g/mol. The summed E-state index contributed by atoms with van der Waals surface area (Å²) in [5, 5.41) is 2.12. The minimum atomic E-state index is -0.806. The number of rotatable bonds is 3. The highest BCUT2D eigenvalue weighted by Crippen LogP contribution is 2.22. The molecule has 1 aromatic carbocycles. The van der Waals surface area contributed by atoms with Gasteiger partial charge in [-0.05, 0) is 24.5 Å². The molecule has 5 nitrogen and oxygen atoms in total. The van der Waals surface area contributed by atoms with E-state index in [0.717, 1.165) is 13.0 Å². The highest BCUT2D eigenvalue weighted by molar-refractivity contribution is 5.96. The molecule has 1 atom stereocenters. The number of carbonyl (C=O) groups excluding carboxylic acids is 2. The zero-order valence-electron chi connectivity index (χ0n) is 11.5. The quantitative estimate of drug-likeness (QED) is 0.873. The van der Waals surface area contributed by atoms with Crippen LogP contribution in [0.2, 0.25) is 0 Å². The zero-order chi connectivity index (χ0) is 14.5. The molecular weight excluding hydrogens is 254 g/mol. The van der Waals surface area contributed by atoms with Crippen molar-refractivity contribution in [3.63, 3.8) is 0 Å². The minimum Gasteiger partial charge on any atom is -0.351 e. The topological polar surface area (TPSA) is 75.4 Å². The lowest BCUT2D eigenvalue weighted by Gasteiger charge is -2.30. The molecule has 1 aliphatic rings. The van der Waals surface area contributed by atoms with Crippen LogP contribution in [0.5, 0.6) is 0 Å². The van der Waals surface area contributed by atoms with Crippen molar-refractivity contribution in [3.8, 4) is 0 Å². The van der Waals surface area contributed by atoms with Crippen molar-refractivity contribution in [3.05, 3.63) is 42.0 Å². The predicted molar refractivity (Wildman–Crippen MR) is 77.8 cm³/mol. The van der Waals surface area contributed by atoms with E-state index >= 15 is 0 Å². The Hall–Kier alpha value is -2.14. The van der Waals surface area contributed by atoms with Gasteiger partial charge in [0.05, 0.1) is 6.04 Å². The summed E-state index contributed by atoms with van der Waals surface area (Å²) in [6, 6.07) is 9.04. The lowest BCUT2D eigenvalue weighted by atomic mass is 9.99. The Bertz CT molecular complexity index is 525. The van der Waals surface area contributed by atoms with Crippen LogP contribution < -0.4 is 11.1 Å². The lowest BCUT2D eigenvalue weighted by Crippen LogP contribution is -2.49. The second-order valence-electron chi connectivity index (χ2n) is 4.87. The molecule has 0 saturated heterocycles. The van der Waals surface area contributed by atoms with Crippen LogP contribution in [0, 0.1) is 0 Å². The first-order valence-electron chi connectivity index (χ1n) is 6.66. The first-order valence-corrected chi connectivity index (χ1v) is 6.66. The van der Waals surface area contributed by atoms with Gasteiger partial charge in [-0.1, -0.05) is 36.4 Å². The molecule has 0 radical (unpaired) electrons. The van der Waals surface area contributed by atoms with E-state index in [1.54, 1.807) is 6.92 Å². The van der Waals surface area contributed by atoms with Gasteiger partial charge in [-0.2, -0.15) is 0 Å². The van der Waals surface area contributed by atoms with Crippen LogP contribution >= 0.6 is 0 Å². The number of benzene rings is 1. The average Bonchev–Trinajstić information content (AvgIpc) is 2.47. The number of amides is 3. The third kappa shape index (κ3) is 3.45. The number of hydrogen-bond acceptors (Lipinski definition) is 3. The molecule has 1 aliphatic heterocycles. The second-order valence-corrected chi connectivity index (χ2v) is 4.87. The highest BCUT2D eigenvalue weighted by atomic mass is 16.2. The normalized spacial score (nSPS) is 17.1. The van der Waals surface area contributed by atoms with Crippen LogP contribution in [0.3, 0.4) is 0 Å². The molecule has 1 aromatic rings. The van der Waals surface area contributed by atoms with Crippen molar-refractivity contribution in [2.45, 2.75) is 19.4 Å². The van der Waals surface area contributed by atoms with Crippen LogP contribution in [-0.2, 0) is 4.79 Å². The number of primary amides is 1. The fourth-order valence-electron chi connectivity index (χ4n) is 2.34. The number of nitrogens with one attached hydrogen (secondary N) is 1. The van der Waals surface area contributed by atoms with Gasteiger partial charge in [0.1, 0.15) is 0 Å². The molecule has 0 aromatic heterocycles. The van der Waals surface area contributed by atoms with Crippen LogP contribution in [-0.4, -0.2) is 36.0 Å². The van der Waals surface area contributed by atoms with Crippen molar-refractivity contribution in [1.29, 1.82) is 0 Å². The summed E-state index contributed by atoms with van der Waals surface area (Å²) in [5.41, 5.74) is 7.48. The number of nitrogens with two attached hydrogens (primary N) is 1. The second kappa shape index (κ2) is 6.34. The Balaban J connectivity index is 1.98. The largest absolute Gasteiger partial charge is 0.351 e. The molecule has 0 saturated carbocycles. The third-order valence-corrected chi connectivity index (χ3v) is 3.56. The summed E-state index contributed by atoms with van der Waals surface area (Å²) in [7, 11) is 0. The molecule has 1 heterocycles. The van der Waals surface area contributed by atoms with Crippen molar-refractivity contribution >= 4 is 17.5 Å². The summed E-state index contributed by atoms with van der Waals surface area (Å²) in [4.78, 5) is 24.4. The number of imide groups is 1. The van der Waals surface area contributed by atoms with Gasteiger partial charge in [0.2, 0.25) is 5.91 Å². The Kier molecular flexibility index (Phi) is 4.53. The van der Waals surface area contributed by atoms with Crippen molar-refractivity contribution in [2.24, 2.45) is 5.73 Å². The number of nitrogens with zero attached hydrogens (tertiary/aromatic N) is 1. The SMILES string of the molecule is C[C@@H](C(=O)NC(N)=O)N1CC=C(c2ccccc2)CC1. The monoisotopic (exact) mass is 273 g/mol. The van der Waals surface area contributed by atoms with Crippen LogP contribution in [0.25, 0.3) is 5.57 Å². The Morgan fingerprint density at radius 2 is 2.00 bits per heavy atom. The molecule has 3 N–H and O–H groups in total. The molecule has 0 fully saturated rings. The standard InChI is InChI=1S/C15H19N3O2/c1-11(14(19)17-15(16)20)18-9-7-13(8-10-18)12-5-3-2-4-6-12/h2-7,11H,8-10H2,1H3,(H3,16,17,19,20)/t11-/m0/s1. The highest BCUT2D eigenvalue weighted by Gasteiger charge is 2.23. The van der Waals surface area contributed by atoms with E-state index in [4.69, 9.17) is 5.73 Å². The Morgan fingerprint density at radius 3 is 2.55 bits per heavy atom. The molecule has 3 amide bonds. The minimum absolute atomic E-state index is 0.353. The fraction of sp³-hybridized carbons (Fsp3) is 0.333. The van der Waals surface area contributed by atoms with Crippen molar-refractivity contribution in [1.82, 2.24) is 10.2 Å². The number of urea groups is 1. The molecule has 20 heavy (non-hydrogen) atoms. The zero-order valence-corrected chi connectivity index (χ0v) is 11.5. The van der Waals surface area contributed by atoms with Gasteiger partial charge in [0.25, 0.3) is 0 Å². The number of carbonyl (C=O) groups is 2. The van der Waals surface area contributed by atoms with E-state index in [9.17, 15) is 9.59 Å². The van der Waals surface area contributed by atoms with Gasteiger partial charge >= 0.3 is 6.03 Å². The molecule has 2 rings (SSSR count). The molecular formula is C15H19N3O2. The molecule has 0 spiro atoms. The van der Waals surface area contributed by atoms with Crippen LogP contribution in [0.1, 0.15) is 18.9 Å². The maximum Gasteiger partial charge on any atom is 0.318 e. The van der Waals surface area contributed by atoms with E-state index in [0.29, 0.717) is 6.54 Å². The molecule has 5 heteroatoms. The van der Waals surface area contributed by atoms with E-state index in [1.165, 1.54) is 11.1 Å². The number of hydrogen-bond donors (Lipinski definition) is 2. The van der Waals surface area contributed by atoms with E-state index < -0.39 is 6.03 Å². The lowest BCUT2D eigenvalue weighted by molar-refractivity contribution is -0.124. The van der Waals surface area contributed by atoms with E-state index in [-0.39, 0.29) is 11.9 Å². The maximum atomic E-state index is 11.7.